The van der Waals surface area contributed by atoms with Gasteiger partial charge in [-0.15, -0.1) is 10.2 Å². The van der Waals surface area contributed by atoms with Gasteiger partial charge in [-0.25, -0.2) is 9.59 Å². The van der Waals surface area contributed by atoms with Gasteiger partial charge in [-0.05, 0) is 49.7 Å². The van der Waals surface area contributed by atoms with Gasteiger partial charge in [0.05, 0.1) is 25.5 Å². The van der Waals surface area contributed by atoms with E-state index in [0.717, 1.165) is 68.7 Å². The second-order valence-corrected chi connectivity index (χ2v) is 9.88. The molecule has 2 N–H and O–H groups in total. The number of hydrogen-bond donors (Lipinski definition) is 2. The molecule has 2 aliphatic heterocycles. The minimum Gasteiger partial charge on any atom is -0.497 e. The zero-order valence-corrected chi connectivity index (χ0v) is 23.0. The fraction of sp³-hybridized carbons (Fsp3) is 0.462. The van der Waals surface area contributed by atoms with Gasteiger partial charge < -0.3 is 19.4 Å². The van der Waals surface area contributed by atoms with Crippen LogP contribution < -0.4 is 4.74 Å². The van der Waals surface area contributed by atoms with Crippen molar-refractivity contribution in [3.63, 3.8) is 0 Å². The third kappa shape index (κ3) is 8.70. The molecule has 5 rings (SSSR count). The molecular weight excluding hydrogens is 592 g/mol. The van der Waals surface area contributed by atoms with Crippen LogP contribution in [0.15, 0.2) is 47.1 Å². The summed E-state index contributed by atoms with van der Waals surface area (Å²) in [6, 6.07) is 12.3. The van der Waals surface area contributed by atoms with Crippen LogP contribution in [0, 0.1) is 0 Å². The van der Waals surface area contributed by atoms with Crippen molar-refractivity contribution in [1.29, 1.82) is 0 Å². The predicted octanol–water partition coefficient (Wildman–Crippen LogP) is 4.25. The summed E-state index contributed by atoms with van der Waals surface area (Å²) in [5, 5.41) is 23.2. The third-order valence-corrected chi connectivity index (χ3v) is 6.76. The Kier molecular flexibility index (Phi) is 10.4. The third-order valence-electron chi connectivity index (χ3n) is 6.76. The number of halogens is 6. The number of ether oxygens (including phenoxy) is 1. The summed E-state index contributed by atoms with van der Waals surface area (Å²) >= 11 is 0. The number of aromatic nitrogens is 3. The number of alkyl halides is 6. The SMILES string of the molecule is COc1ccc(CN2CCC3(CC2)CN(C)Cc2nnc(-c4ccco4)n23)cc1.O=C(O)C(F)(F)F.O=C(O)C(F)(F)F. The number of piperidine rings is 1. The first-order valence-electron chi connectivity index (χ1n) is 12.7. The highest BCUT2D eigenvalue weighted by Crippen LogP contribution is 2.39. The first-order chi connectivity index (χ1) is 20.1. The molecule has 43 heavy (non-hydrogen) atoms. The highest BCUT2D eigenvalue weighted by Gasteiger charge is 2.44. The minimum atomic E-state index is -5.08. The molecule has 0 bridgehead atoms. The van der Waals surface area contributed by atoms with Crippen LogP contribution in [0.1, 0.15) is 24.2 Å². The average Bonchev–Trinajstić information content (AvgIpc) is 3.61. The summed E-state index contributed by atoms with van der Waals surface area (Å²) in [5.74, 6) is -1.91. The van der Waals surface area contributed by atoms with E-state index in [1.165, 1.54) is 5.56 Å². The van der Waals surface area contributed by atoms with Gasteiger partial charge in [-0.1, -0.05) is 12.1 Å². The lowest BCUT2D eigenvalue weighted by Crippen LogP contribution is -2.55. The average molecular weight is 622 g/mol. The Labute approximate surface area is 241 Å². The van der Waals surface area contributed by atoms with Crippen molar-refractivity contribution in [2.75, 3.05) is 33.8 Å². The van der Waals surface area contributed by atoms with Crippen LogP contribution in [-0.2, 0) is 28.2 Å². The van der Waals surface area contributed by atoms with Crippen molar-refractivity contribution in [3.05, 3.63) is 54.0 Å². The maximum Gasteiger partial charge on any atom is 0.490 e. The molecule has 1 spiro atoms. The first kappa shape index (κ1) is 33.4. The Balaban J connectivity index is 0.000000303. The number of likely N-dealkylation sites (tertiary alicyclic amines) is 1. The summed E-state index contributed by atoms with van der Waals surface area (Å²) in [6.45, 7) is 4.91. The van der Waals surface area contributed by atoms with Gasteiger partial charge in [-0.2, -0.15) is 26.3 Å². The van der Waals surface area contributed by atoms with Crippen molar-refractivity contribution in [3.8, 4) is 17.3 Å². The number of carbonyl (C=O) groups is 2. The van der Waals surface area contributed by atoms with E-state index in [0.29, 0.717) is 0 Å². The van der Waals surface area contributed by atoms with E-state index in [-0.39, 0.29) is 5.54 Å². The number of methoxy groups -OCH3 is 1. The zero-order chi connectivity index (χ0) is 32.0. The number of furan rings is 1. The molecule has 0 unspecified atom stereocenters. The summed E-state index contributed by atoms with van der Waals surface area (Å²) in [7, 11) is 3.88. The standard InChI is InChI=1S/C22H27N5O2.2C2HF3O2/c1-25-15-20-23-24-21(19-4-3-13-29-19)27(20)22(16-25)9-11-26(12-10-22)14-17-5-7-18(28-2)8-6-17;2*3-2(4,5)1(6)7/h3-8,13H,9-12,14-16H2,1-2H3;2*(H,6,7). The van der Waals surface area contributed by atoms with Gasteiger partial charge in [0, 0.05) is 26.2 Å². The predicted molar refractivity (Wildman–Crippen MR) is 137 cm³/mol. The van der Waals surface area contributed by atoms with Gasteiger partial charge in [0.25, 0.3) is 0 Å². The minimum absolute atomic E-state index is 0.0182. The van der Waals surface area contributed by atoms with E-state index in [1.807, 2.05) is 24.3 Å². The lowest BCUT2D eigenvalue weighted by molar-refractivity contribution is -0.193. The van der Waals surface area contributed by atoms with Crippen LogP contribution >= 0.6 is 0 Å². The molecule has 3 aromatic rings. The molecule has 2 aromatic heterocycles. The van der Waals surface area contributed by atoms with E-state index >= 15 is 0 Å². The maximum atomic E-state index is 10.6. The Hall–Kier alpha value is -4.12. The van der Waals surface area contributed by atoms with E-state index < -0.39 is 24.3 Å². The quantitative estimate of drug-likeness (QED) is 0.408. The number of aliphatic carboxylic acids is 2. The topological polar surface area (TPSA) is 134 Å². The molecular formula is C26H29F6N5O6. The smallest absolute Gasteiger partial charge is 0.490 e. The van der Waals surface area contributed by atoms with E-state index in [1.54, 1.807) is 13.4 Å². The second-order valence-electron chi connectivity index (χ2n) is 9.88. The zero-order valence-electron chi connectivity index (χ0n) is 23.0. The van der Waals surface area contributed by atoms with Crippen molar-refractivity contribution >= 4 is 11.9 Å². The van der Waals surface area contributed by atoms with Crippen LogP contribution in [0.5, 0.6) is 5.75 Å². The van der Waals surface area contributed by atoms with Crippen molar-refractivity contribution < 1.29 is 55.3 Å². The van der Waals surface area contributed by atoms with Gasteiger partial charge >= 0.3 is 24.3 Å². The lowest BCUT2D eigenvalue weighted by Gasteiger charge is -2.48. The number of carboxylic acids is 2. The molecule has 0 atom stereocenters. The van der Waals surface area contributed by atoms with Gasteiger partial charge in [0.2, 0.25) is 0 Å². The fourth-order valence-corrected chi connectivity index (χ4v) is 4.85. The summed E-state index contributed by atoms with van der Waals surface area (Å²) in [6.07, 6.45) is -6.31. The molecule has 0 aliphatic carbocycles. The van der Waals surface area contributed by atoms with E-state index in [9.17, 15) is 26.3 Å². The number of nitrogens with zero attached hydrogens (tertiary/aromatic N) is 5. The van der Waals surface area contributed by atoms with Crippen LogP contribution in [-0.4, -0.2) is 92.9 Å². The molecule has 4 heterocycles. The first-order valence-corrected chi connectivity index (χ1v) is 12.7. The Morgan fingerprint density at radius 3 is 2.00 bits per heavy atom. The normalized spacial score (nSPS) is 16.7. The highest BCUT2D eigenvalue weighted by atomic mass is 19.4. The van der Waals surface area contributed by atoms with Gasteiger partial charge in [-0.3, -0.25) is 14.4 Å². The van der Waals surface area contributed by atoms with E-state index in [2.05, 4.69) is 43.7 Å². The van der Waals surface area contributed by atoms with Crippen LogP contribution in [0.4, 0.5) is 26.3 Å². The number of rotatable bonds is 4. The van der Waals surface area contributed by atoms with Crippen LogP contribution in [0.3, 0.4) is 0 Å². The largest absolute Gasteiger partial charge is 0.497 e. The molecule has 1 fully saturated rings. The number of benzene rings is 1. The second kappa shape index (κ2) is 13.5. The number of fused-ring (bicyclic) bond motifs is 2. The Morgan fingerprint density at radius 2 is 1.53 bits per heavy atom. The maximum absolute atomic E-state index is 10.6. The van der Waals surface area contributed by atoms with E-state index in [4.69, 9.17) is 29.0 Å². The number of likely N-dealkylation sites (N-methyl/N-ethyl adjacent to an activating group) is 1. The highest BCUT2D eigenvalue weighted by molar-refractivity contribution is 5.73. The van der Waals surface area contributed by atoms with Crippen molar-refractivity contribution in [2.24, 2.45) is 0 Å². The molecule has 0 saturated carbocycles. The molecule has 1 aromatic carbocycles. The summed E-state index contributed by atoms with van der Waals surface area (Å²) < 4.78 is 76.8. The van der Waals surface area contributed by atoms with Gasteiger partial charge in [0.1, 0.15) is 11.6 Å². The number of hydrogen-bond acceptors (Lipinski definition) is 8. The molecule has 0 amide bonds. The molecule has 236 valence electrons. The lowest BCUT2D eigenvalue weighted by atomic mass is 9.84. The van der Waals surface area contributed by atoms with Crippen LogP contribution in [0.25, 0.3) is 11.6 Å². The van der Waals surface area contributed by atoms with Crippen molar-refractivity contribution in [2.45, 2.75) is 43.8 Å². The van der Waals surface area contributed by atoms with Crippen molar-refractivity contribution in [1.82, 2.24) is 24.6 Å². The summed E-state index contributed by atoms with van der Waals surface area (Å²) in [5.41, 5.74) is 1.34. The molecule has 17 heteroatoms. The van der Waals surface area contributed by atoms with Crippen LogP contribution in [0.2, 0.25) is 0 Å². The fourth-order valence-electron chi connectivity index (χ4n) is 4.85. The Morgan fingerprint density at radius 1 is 0.977 bits per heavy atom. The molecule has 2 aliphatic rings. The monoisotopic (exact) mass is 621 g/mol. The van der Waals surface area contributed by atoms with Gasteiger partial charge in [0.15, 0.2) is 11.6 Å². The molecule has 11 nitrogen and oxygen atoms in total. The summed E-state index contributed by atoms with van der Waals surface area (Å²) in [4.78, 5) is 22.7. The Bertz CT molecular complexity index is 1330. The molecule has 0 radical (unpaired) electrons. The number of carboxylic acid groups (broad SMARTS) is 2. The molecule has 1 saturated heterocycles.